The smallest absolute Gasteiger partial charge is 0.458 e. The van der Waals surface area contributed by atoms with E-state index in [-0.39, 0.29) is 6.42 Å². The zero-order valence-electron chi connectivity index (χ0n) is 18.7. The number of hydrogen-bond donors (Lipinski definition) is 1. The summed E-state index contributed by atoms with van der Waals surface area (Å²) >= 11 is 0. The molecule has 0 aromatic heterocycles. The Morgan fingerprint density at radius 2 is 1.72 bits per heavy atom. The maximum absolute atomic E-state index is 12.9. The van der Waals surface area contributed by atoms with E-state index in [2.05, 4.69) is 6.58 Å². The van der Waals surface area contributed by atoms with Gasteiger partial charge in [-0.1, -0.05) is 50.3 Å². The van der Waals surface area contributed by atoms with Crippen molar-refractivity contribution in [1.29, 1.82) is 0 Å². The highest BCUT2D eigenvalue weighted by Crippen LogP contribution is 2.25. The van der Waals surface area contributed by atoms with Crippen LogP contribution in [0.15, 0.2) is 43.0 Å². The number of amides is 1. The SMILES string of the molecule is C=CC(OC(=O)C[C@H](CCC)[C@H](NC(=O)C(F)(F)F)C(=O)OC(C)(C)C)c1ccccc1. The van der Waals surface area contributed by atoms with Gasteiger partial charge in [0.2, 0.25) is 0 Å². The van der Waals surface area contributed by atoms with Crippen molar-refractivity contribution in [1.82, 2.24) is 5.32 Å². The third-order valence-electron chi connectivity index (χ3n) is 4.37. The molecular weight excluding hydrogens is 427 g/mol. The number of halogens is 3. The molecule has 0 saturated carbocycles. The number of hydrogen-bond acceptors (Lipinski definition) is 5. The number of rotatable bonds is 10. The highest BCUT2D eigenvalue weighted by Gasteiger charge is 2.44. The Labute approximate surface area is 186 Å². The van der Waals surface area contributed by atoms with Gasteiger partial charge in [-0.05, 0) is 38.8 Å². The van der Waals surface area contributed by atoms with Gasteiger partial charge in [-0.15, -0.1) is 0 Å². The van der Waals surface area contributed by atoms with E-state index < -0.39 is 54.1 Å². The number of ether oxygens (including phenoxy) is 2. The number of carbonyl (C=O) groups is 3. The van der Waals surface area contributed by atoms with Crippen LogP contribution in [-0.2, 0) is 23.9 Å². The number of nitrogens with one attached hydrogen (secondary N) is 1. The van der Waals surface area contributed by atoms with Crippen LogP contribution in [0.3, 0.4) is 0 Å². The van der Waals surface area contributed by atoms with Crippen molar-refractivity contribution < 1.29 is 37.0 Å². The summed E-state index contributed by atoms with van der Waals surface area (Å²) in [5.41, 5.74) is -0.339. The van der Waals surface area contributed by atoms with Crippen molar-refractivity contribution in [3.05, 3.63) is 48.6 Å². The lowest BCUT2D eigenvalue weighted by atomic mass is 9.91. The van der Waals surface area contributed by atoms with E-state index in [0.717, 1.165) is 0 Å². The van der Waals surface area contributed by atoms with E-state index >= 15 is 0 Å². The van der Waals surface area contributed by atoms with E-state index in [1.807, 2.05) is 0 Å². The Morgan fingerprint density at radius 3 is 2.19 bits per heavy atom. The van der Waals surface area contributed by atoms with Crippen molar-refractivity contribution in [2.75, 3.05) is 0 Å². The maximum Gasteiger partial charge on any atom is 0.471 e. The lowest BCUT2D eigenvalue weighted by Gasteiger charge is -2.30. The summed E-state index contributed by atoms with van der Waals surface area (Å²) in [4.78, 5) is 36.8. The lowest BCUT2D eigenvalue weighted by Crippen LogP contribution is -2.52. The summed E-state index contributed by atoms with van der Waals surface area (Å²) in [7, 11) is 0. The van der Waals surface area contributed by atoms with Crippen LogP contribution in [0.2, 0.25) is 0 Å². The second-order valence-electron chi connectivity index (χ2n) is 8.29. The van der Waals surface area contributed by atoms with Gasteiger partial charge in [0.1, 0.15) is 17.7 Å². The summed E-state index contributed by atoms with van der Waals surface area (Å²) in [5.74, 6) is -5.04. The molecular formula is C23H30F3NO5. The van der Waals surface area contributed by atoms with Gasteiger partial charge in [0.15, 0.2) is 0 Å². The zero-order valence-corrected chi connectivity index (χ0v) is 18.7. The molecule has 0 bridgehead atoms. The molecule has 32 heavy (non-hydrogen) atoms. The summed E-state index contributed by atoms with van der Waals surface area (Å²) in [6.07, 6.45) is -4.31. The van der Waals surface area contributed by atoms with E-state index in [1.54, 1.807) is 63.3 Å². The minimum Gasteiger partial charge on any atom is -0.458 e. The first-order valence-corrected chi connectivity index (χ1v) is 10.3. The van der Waals surface area contributed by atoms with E-state index in [9.17, 15) is 27.6 Å². The number of carbonyl (C=O) groups excluding carboxylic acids is 3. The molecule has 0 spiro atoms. The van der Waals surface area contributed by atoms with Gasteiger partial charge in [0, 0.05) is 5.92 Å². The molecule has 1 aromatic carbocycles. The van der Waals surface area contributed by atoms with Crippen LogP contribution in [0.4, 0.5) is 13.2 Å². The quantitative estimate of drug-likeness (QED) is 0.409. The summed E-state index contributed by atoms with van der Waals surface area (Å²) in [6.45, 7) is 10.0. The van der Waals surface area contributed by atoms with Crippen molar-refractivity contribution in [3.63, 3.8) is 0 Å². The zero-order chi connectivity index (χ0) is 24.5. The lowest BCUT2D eigenvalue weighted by molar-refractivity contribution is -0.178. The van der Waals surface area contributed by atoms with Crippen LogP contribution in [0.25, 0.3) is 0 Å². The Kier molecular flexibility index (Phi) is 9.93. The fraction of sp³-hybridized carbons (Fsp3) is 0.522. The topological polar surface area (TPSA) is 81.7 Å². The van der Waals surface area contributed by atoms with Crippen LogP contribution in [0, 0.1) is 5.92 Å². The summed E-state index contributed by atoms with van der Waals surface area (Å²) < 4.78 is 49.2. The molecule has 1 rings (SSSR count). The maximum atomic E-state index is 12.9. The fourth-order valence-corrected chi connectivity index (χ4v) is 3.01. The molecule has 0 heterocycles. The summed E-state index contributed by atoms with van der Waals surface area (Å²) in [6, 6.07) is 7.09. The van der Waals surface area contributed by atoms with E-state index in [4.69, 9.17) is 9.47 Å². The molecule has 3 atom stereocenters. The Balaban J connectivity index is 3.09. The molecule has 0 aliphatic heterocycles. The summed E-state index contributed by atoms with van der Waals surface area (Å²) in [5, 5.41) is 1.70. The number of esters is 2. The molecule has 1 amide bonds. The molecule has 0 aliphatic carbocycles. The standard InChI is InChI=1S/C23H30F3NO5/c1-6-11-16(14-18(28)31-17(7-2)15-12-9-8-10-13-15)19(20(29)32-22(3,4)5)27-21(30)23(24,25)26/h7-10,12-13,16-17,19H,2,6,11,14H2,1,3-5H3,(H,27,30)/t16-,17?,19-/m0/s1. The highest BCUT2D eigenvalue weighted by atomic mass is 19.4. The molecule has 0 fully saturated rings. The minimum absolute atomic E-state index is 0.182. The fourth-order valence-electron chi connectivity index (χ4n) is 3.01. The molecule has 0 saturated heterocycles. The number of benzene rings is 1. The monoisotopic (exact) mass is 457 g/mol. The van der Waals surface area contributed by atoms with Crippen molar-refractivity contribution in [2.45, 2.75) is 70.9 Å². The predicted molar refractivity (Wildman–Crippen MR) is 112 cm³/mol. The van der Waals surface area contributed by atoms with Crippen LogP contribution < -0.4 is 5.32 Å². The Morgan fingerprint density at radius 1 is 1.12 bits per heavy atom. The van der Waals surface area contributed by atoms with Gasteiger partial charge >= 0.3 is 24.0 Å². The van der Waals surface area contributed by atoms with Crippen molar-refractivity contribution in [2.24, 2.45) is 5.92 Å². The first-order chi connectivity index (χ1) is 14.8. The Bertz CT molecular complexity index is 787. The van der Waals surface area contributed by atoms with Gasteiger partial charge in [0.25, 0.3) is 0 Å². The third-order valence-corrected chi connectivity index (χ3v) is 4.37. The van der Waals surface area contributed by atoms with Gasteiger partial charge < -0.3 is 14.8 Å². The van der Waals surface area contributed by atoms with Crippen LogP contribution in [-0.4, -0.2) is 35.7 Å². The van der Waals surface area contributed by atoms with Gasteiger partial charge in [-0.3, -0.25) is 9.59 Å². The molecule has 0 aliphatic rings. The molecule has 1 unspecified atom stereocenters. The molecule has 0 radical (unpaired) electrons. The first-order valence-electron chi connectivity index (χ1n) is 10.3. The second-order valence-corrected chi connectivity index (χ2v) is 8.29. The van der Waals surface area contributed by atoms with E-state index in [0.29, 0.717) is 12.0 Å². The van der Waals surface area contributed by atoms with E-state index in [1.165, 1.54) is 6.08 Å². The van der Waals surface area contributed by atoms with Gasteiger partial charge in [0.05, 0.1) is 6.42 Å². The first kappa shape index (κ1) is 27.2. The van der Waals surface area contributed by atoms with Crippen molar-refractivity contribution in [3.8, 4) is 0 Å². The third kappa shape index (κ3) is 9.11. The molecule has 178 valence electrons. The van der Waals surface area contributed by atoms with Gasteiger partial charge in [-0.25, -0.2) is 4.79 Å². The predicted octanol–water partition coefficient (Wildman–Crippen LogP) is 4.65. The van der Waals surface area contributed by atoms with Crippen LogP contribution in [0.1, 0.15) is 58.6 Å². The minimum atomic E-state index is -5.20. The molecule has 6 nitrogen and oxygen atoms in total. The molecule has 1 N–H and O–H groups in total. The highest BCUT2D eigenvalue weighted by molar-refractivity contribution is 5.88. The van der Waals surface area contributed by atoms with Crippen molar-refractivity contribution >= 4 is 17.8 Å². The normalized spacial score (nSPS) is 14.6. The average Bonchev–Trinajstić information content (AvgIpc) is 2.68. The second kappa shape index (κ2) is 11.7. The Hall–Kier alpha value is -2.84. The number of alkyl halides is 3. The van der Waals surface area contributed by atoms with Gasteiger partial charge in [-0.2, -0.15) is 13.2 Å². The molecule has 9 heteroatoms. The largest absolute Gasteiger partial charge is 0.471 e. The molecule has 1 aromatic rings. The average molecular weight is 457 g/mol. The van der Waals surface area contributed by atoms with Crippen LogP contribution in [0.5, 0.6) is 0 Å². The van der Waals surface area contributed by atoms with Crippen LogP contribution >= 0.6 is 0 Å².